The maximum absolute atomic E-state index is 13.7. The molecule has 6 aromatic rings. The number of nitrogens with zero attached hydrogens (tertiary/aromatic N) is 4. The Bertz CT molecular complexity index is 1960. The van der Waals surface area contributed by atoms with E-state index in [9.17, 15) is 19.3 Å². The molecule has 196 valence electrons. The van der Waals surface area contributed by atoms with Crippen LogP contribution in [0.5, 0.6) is 5.75 Å². The van der Waals surface area contributed by atoms with Crippen molar-refractivity contribution in [1.29, 1.82) is 0 Å². The van der Waals surface area contributed by atoms with Crippen molar-refractivity contribution in [3.8, 4) is 17.3 Å². The van der Waals surface area contributed by atoms with Gasteiger partial charge in [0, 0.05) is 17.0 Å². The van der Waals surface area contributed by atoms with E-state index in [1.807, 2.05) is 18.2 Å². The van der Waals surface area contributed by atoms with Crippen molar-refractivity contribution < 1.29 is 18.5 Å². The molecule has 0 saturated heterocycles. The largest absolute Gasteiger partial charge is 0.481 e. The summed E-state index contributed by atoms with van der Waals surface area (Å²) in [6.45, 7) is -0.120. The second kappa shape index (κ2) is 10.3. The number of benzene rings is 4. The van der Waals surface area contributed by atoms with Crippen molar-refractivity contribution in [2.24, 2.45) is 5.10 Å². The van der Waals surface area contributed by atoms with Gasteiger partial charge in [0.05, 0.1) is 22.0 Å². The zero-order valence-corrected chi connectivity index (χ0v) is 20.7. The quantitative estimate of drug-likeness (QED) is 0.135. The molecule has 0 aliphatic heterocycles. The predicted octanol–water partition coefficient (Wildman–Crippen LogP) is 6.32. The van der Waals surface area contributed by atoms with Crippen LogP contribution in [0.3, 0.4) is 0 Å². The third-order valence-electron chi connectivity index (χ3n) is 6.21. The van der Waals surface area contributed by atoms with Gasteiger partial charge in [-0.1, -0.05) is 48.5 Å². The number of furan rings is 1. The van der Waals surface area contributed by atoms with Gasteiger partial charge in [-0.25, -0.2) is 9.37 Å². The monoisotopic (exact) mass is 534 g/mol. The summed E-state index contributed by atoms with van der Waals surface area (Å²) >= 11 is 0. The van der Waals surface area contributed by atoms with Crippen LogP contribution in [0.4, 0.5) is 10.1 Å². The fourth-order valence-corrected chi connectivity index (χ4v) is 4.33. The summed E-state index contributed by atoms with van der Waals surface area (Å²) in [7, 11) is 0. The Morgan fingerprint density at radius 1 is 1.00 bits per heavy atom. The Kier molecular flexibility index (Phi) is 6.33. The van der Waals surface area contributed by atoms with Gasteiger partial charge >= 0.3 is 5.69 Å². The van der Waals surface area contributed by atoms with E-state index in [-0.39, 0.29) is 29.4 Å². The first-order chi connectivity index (χ1) is 19.5. The van der Waals surface area contributed by atoms with E-state index in [1.54, 1.807) is 48.5 Å². The minimum Gasteiger partial charge on any atom is -0.481 e. The Labute approximate surface area is 225 Å². The third kappa shape index (κ3) is 4.69. The van der Waals surface area contributed by atoms with E-state index < -0.39 is 16.3 Å². The van der Waals surface area contributed by atoms with Crippen LogP contribution >= 0.6 is 0 Å². The molecule has 0 radical (unpaired) electrons. The molecule has 2 aromatic heterocycles. The molecule has 0 aliphatic carbocycles. The molecular formula is C30H19FN4O5. The van der Waals surface area contributed by atoms with Crippen LogP contribution in [0.2, 0.25) is 0 Å². The number of halogens is 1. The third-order valence-corrected chi connectivity index (χ3v) is 6.21. The summed E-state index contributed by atoms with van der Waals surface area (Å²) in [5, 5.41) is 17.3. The van der Waals surface area contributed by atoms with Crippen LogP contribution < -0.4 is 10.3 Å². The Hall–Kier alpha value is -5.64. The summed E-state index contributed by atoms with van der Waals surface area (Å²) in [5.41, 5.74) is 1.04. The molecular weight excluding hydrogens is 515 g/mol. The number of fused-ring (bicyclic) bond motifs is 2. The van der Waals surface area contributed by atoms with Crippen molar-refractivity contribution in [2.45, 2.75) is 6.61 Å². The molecule has 9 nitrogen and oxygen atoms in total. The molecule has 10 heteroatoms. The van der Waals surface area contributed by atoms with Gasteiger partial charge < -0.3 is 9.15 Å². The van der Waals surface area contributed by atoms with Gasteiger partial charge in [0.2, 0.25) is 11.6 Å². The van der Waals surface area contributed by atoms with E-state index in [0.717, 1.165) is 10.1 Å². The van der Waals surface area contributed by atoms with Crippen molar-refractivity contribution >= 4 is 33.8 Å². The Balaban J connectivity index is 1.47. The molecule has 4 aromatic carbocycles. The number of hydrogen-bond donors (Lipinski definition) is 0. The first-order valence-electron chi connectivity index (χ1n) is 12.2. The summed E-state index contributed by atoms with van der Waals surface area (Å²) in [6, 6.07) is 26.1. The molecule has 0 spiro atoms. The fourth-order valence-electron chi connectivity index (χ4n) is 4.33. The van der Waals surface area contributed by atoms with Gasteiger partial charge in [-0.15, -0.1) is 0 Å². The highest BCUT2D eigenvalue weighted by atomic mass is 19.1. The molecule has 40 heavy (non-hydrogen) atoms. The van der Waals surface area contributed by atoms with Gasteiger partial charge in [0.1, 0.15) is 18.0 Å². The minimum atomic E-state index is -0.582. The first-order valence-corrected chi connectivity index (χ1v) is 12.2. The molecule has 0 saturated carbocycles. The second-order valence-electron chi connectivity index (χ2n) is 8.83. The van der Waals surface area contributed by atoms with E-state index >= 15 is 0 Å². The first kappa shape index (κ1) is 24.7. The molecule has 0 aliphatic rings. The van der Waals surface area contributed by atoms with Crippen LogP contribution in [0, 0.1) is 15.9 Å². The van der Waals surface area contributed by atoms with Crippen LogP contribution in [0.25, 0.3) is 33.5 Å². The smallest absolute Gasteiger partial charge is 0.311 e. The van der Waals surface area contributed by atoms with E-state index in [4.69, 9.17) is 9.15 Å². The van der Waals surface area contributed by atoms with Crippen molar-refractivity contribution in [3.63, 3.8) is 0 Å². The number of hydrogen-bond acceptors (Lipinski definition) is 7. The number of ether oxygens (including phenoxy) is 1. The summed E-state index contributed by atoms with van der Waals surface area (Å²) in [5.74, 6) is -0.0500. The van der Waals surface area contributed by atoms with Crippen LogP contribution in [0.1, 0.15) is 11.1 Å². The zero-order chi connectivity index (χ0) is 27.6. The van der Waals surface area contributed by atoms with Crippen LogP contribution in [-0.2, 0) is 6.61 Å². The lowest BCUT2D eigenvalue weighted by Gasteiger charge is -2.10. The lowest BCUT2D eigenvalue weighted by Crippen LogP contribution is -2.20. The van der Waals surface area contributed by atoms with Gasteiger partial charge in [-0.3, -0.25) is 14.9 Å². The topological polar surface area (TPSA) is 113 Å². The molecule has 0 amide bonds. The van der Waals surface area contributed by atoms with Gasteiger partial charge in [-0.05, 0) is 48.0 Å². The Morgan fingerprint density at radius 2 is 1.80 bits per heavy atom. The van der Waals surface area contributed by atoms with Crippen molar-refractivity contribution in [2.75, 3.05) is 0 Å². The summed E-state index contributed by atoms with van der Waals surface area (Å²) in [4.78, 5) is 29.4. The molecule has 6 rings (SSSR count). The van der Waals surface area contributed by atoms with Gasteiger partial charge in [0.15, 0.2) is 5.76 Å². The summed E-state index contributed by atoms with van der Waals surface area (Å²) in [6.07, 6.45) is 1.29. The van der Waals surface area contributed by atoms with Crippen LogP contribution in [-0.4, -0.2) is 20.8 Å². The number of rotatable bonds is 7. The van der Waals surface area contributed by atoms with E-state index in [0.29, 0.717) is 27.8 Å². The number of nitro groups is 1. The SMILES string of the molecule is O=c1c2ccccc2nc(-c2cc3ccccc3o2)n1N=Cc1cccc([N+](=O)[O-])c1OCc1cccc(F)c1. The average Bonchev–Trinajstić information content (AvgIpc) is 3.40. The number of nitro benzene ring substituents is 1. The molecule has 0 unspecified atom stereocenters. The highest BCUT2D eigenvalue weighted by Crippen LogP contribution is 2.31. The lowest BCUT2D eigenvalue weighted by atomic mass is 10.2. The predicted molar refractivity (Wildman–Crippen MR) is 148 cm³/mol. The van der Waals surface area contributed by atoms with Crippen molar-refractivity contribution in [1.82, 2.24) is 9.66 Å². The average molecular weight is 535 g/mol. The second-order valence-corrected chi connectivity index (χ2v) is 8.83. The number of para-hydroxylation sites is 3. The van der Waals surface area contributed by atoms with Gasteiger partial charge in [0.25, 0.3) is 5.56 Å². The summed E-state index contributed by atoms with van der Waals surface area (Å²) < 4.78 is 26.5. The highest BCUT2D eigenvalue weighted by Gasteiger charge is 2.20. The maximum atomic E-state index is 13.7. The standard InChI is InChI=1S/C30H19FN4O5/c31-22-10-5-7-19(15-22)18-39-28-21(9-6-13-25(28)35(37)38)17-32-34-29(27-16-20-8-1-4-14-26(20)40-27)33-24-12-3-2-11-23(24)30(34)36/h1-17H,18H2. The minimum absolute atomic E-state index is 0.0763. The maximum Gasteiger partial charge on any atom is 0.311 e. The molecule has 0 N–H and O–H groups in total. The molecule has 0 bridgehead atoms. The van der Waals surface area contributed by atoms with Crippen molar-refractivity contribution in [3.05, 3.63) is 134 Å². The molecule has 0 fully saturated rings. The normalized spacial score (nSPS) is 11.4. The van der Waals surface area contributed by atoms with Gasteiger partial charge in [-0.2, -0.15) is 9.78 Å². The Morgan fingerprint density at radius 3 is 2.62 bits per heavy atom. The molecule has 0 atom stereocenters. The highest BCUT2D eigenvalue weighted by molar-refractivity contribution is 5.87. The van der Waals surface area contributed by atoms with E-state index in [1.165, 1.54) is 36.5 Å². The van der Waals surface area contributed by atoms with E-state index in [2.05, 4.69) is 10.1 Å². The lowest BCUT2D eigenvalue weighted by molar-refractivity contribution is -0.385. The zero-order valence-electron chi connectivity index (χ0n) is 20.7. The number of aromatic nitrogens is 2. The molecule has 2 heterocycles. The van der Waals surface area contributed by atoms with Crippen LogP contribution in [0.15, 0.2) is 111 Å². The fraction of sp³-hybridized carbons (Fsp3) is 0.0333.